The van der Waals surface area contributed by atoms with Crippen molar-refractivity contribution in [1.82, 2.24) is 20.2 Å². The maximum absolute atomic E-state index is 14.1. The van der Waals surface area contributed by atoms with Gasteiger partial charge in [-0.2, -0.15) is 10.4 Å². The van der Waals surface area contributed by atoms with Crippen LogP contribution in [0.2, 0.25) is 0 Å². The summed E-state index contributed by atoms with van der Waals surface area (Å²) in [5.41, 5.74) is 8.17. The van der Waals surface area contributed by atoms with E-state index in [1.54, 1.807) is 6.07 Å². The van der Waals surface area contributed by atoms with Gasteiger partial charge in [0.15, 0.2) is 5.69 Å². The summed E-state index contributed by atoms with van der Waals surface area (Å²) in [7, 11) is 0. The number of anilines is 1. The second-order valence-corrected chi connectivity index (χ2v) is 6.70. The molecule has 1 aliphatic rings. The van der Waals surface area contributed by atoms with E-state index < -0.39 is 11.4 Å². The number of aromatic nitrogens is 4. The first-order chi connectivity index (χ1) is 13.1. The zero-order valence-corrected chi connectivity index (χ0v) is 14.0. The highest BCUT2D eigenvalue weighted by molar-refractivity contribution is 6.09. The van der Waals surface area contributed by atoms with Crippen LogP contribution >= 0.6 is 0 Å². The average Bonchev–Trinajstić information content (AvgIpc) is 3.39. The number of benzene rings is 1. The fourth-order valence-corrected chi connectivity index (χ4v) is 3.52. The Morgan fingerprint density at radius 2 is 2.15 bits per heavy atom. The number of nitriles is 1. The highest BCUT2D eigenvalue weighted by Crippen LogP contribution is 2.42. The SMILES string of the molecule is N#Cc1nc(C2CC2)cc2[nH]c(=O)c(N)c(-c3ccc(F)c4[nH]ncc34)c12. The number of nitrogen functional groups attached to an aromatic ring is 1. The van der Waals surface area contributed by atoms with E-state index in [1.807, 2.05) is 0 Å². The van der Waals surface area contributed by atoms with Gasteiger partial charge in [0, 0.05) is 27.9 Å². The summed E-state index contributed by atoms with van der Waals surface area (Å²) < 4.78 is 14.1. The van der Waals surface area contributed by atoms with E-state index in [4.69, 9.17) is 5.73 Å². The number of nitrogens with zero attached hydrogens (tertiary/aromatic N) is 3. The van der Waals surface area contributed by atoms with Crippen LogP contribution in [-0.2, 0) is 0 Å². The zero-order valence-electron chi connectivity index (χ0n) is 14.0. The van der Waals surface area contributed by atoms with Gasteiger partial charge >= 0.3 is 0 Å². The molecule has 0 radical (unpaired) electrons. The molecule has 0 saturated heterocycles. The van der Waals surface area contributed by atoms with Crippen molar-refractivity contribution >= 4 is 27.5 Å². The second kappa shape index (κ2) is 5.38. The first-order valence-electron chi connectivity index (χ1n) is 8.47. The highest BCUT2D eigenvalue weighted by atomic mass is 19.1. The average molecular weight is 360 g/mol. The second-order valence-electron chi connectivity index (χ2n) is 6.70. The maximum atomic E-state index is 14.1. The molecule has 8 heteroatoms. The smallest absolute Gasteiger partial charge is 0.272 e. The fraction of sp³-hybridized carbons (Fsp3) is 0.158. The summed E-state index contributed by atoms with van der Waals surface area (Å²) in [6, 6.07) is 6.73. The lowest BCUT2D eigenvalue weighted by molar-refractivity contribution is 0.636. The first-order valence-corrected chi connectivity index (χ1v) is 8.47. The van der Waals surface area contributed by atoms with Crippen LogP contribution in [0.1, 0.15) is 30.1 Å². The summed E-state index contributed by atoms with van der Waals surface area (Å²) in [6.07, 6.45) is 3.50. The molecule has 4 aromatic rings. The Kier molecular flexibility index (Phi) is 3.09. The van der Waals surface area contributed by atoms with Crippen LogP contribution in [0.5, 0.6) is 0 Å². The number of hydrogen-bond acceptors (Lipinski definition) is 5. The molecule has 3 aromatic heterocycles. The lowest BCUT2D eigenvalue weighted by atomic mass is 9.95. The van der Waals surface area contributed by atoms with Crippen molar-refractivity contribution in [1.29, 1.82) is 5.26 Å². The molecule has 1 fully saturated rings. The molecule has 0 amide bonds. The standard InChI is InChI=1S/C19H13FN6O/c20-11-4-3-9(10-7-23-26-18(10)11)15-16-13(25-19(27)17(15)22)5-12(8-1-2-8)24-14(16)6-21/h3-5,7-8H,1-2,22H2,(H,23,26)(H,25,27). The van der Waals surface area contributed by atoms with E-state index in [0.29, 0.717) is 33.3 Å². The van der Waals surface area contributed by atoms with Crippen molar-refractivity contribution in [3.05, 3.63) is 52.0 Å². The van der Waals surface area contributed by atoms with Crippen LogP contribution < -0.4 is 11.3 Å². The maximum Gasteiger partial charge on any atom is 0.272 e. The Balaban J connectivity index is 1.95. The molecule has 3 heterocycles. The molecular formula is C19H13FN6O. The predicted molar refractivity (Wildman–Crippen MR) is 98.5 cm³/mol. The van der Waals surface area contributed by atoms with Gasteiger partial charge in [-0.15, -0.1) is 0 Å². The van der Waals surface area contributed by atoms with Crippen LogP contribution in [0.25, 0.3) is 32.9 Å². The van der Waals surface area contributed by atoms with Crippen molar-refractivity contribution in [3.63, 3.8) is 0 Å². The summed E-state index contributed by atoms with van der Waals surface area (Å²) in [6.45, 7) is 0. The van der Waals surface area contributed by atoms with Gasteiger partial charge < -0.3 is 10.7 Å². The van der Waals surface area contributed by atoms with E-state index in [1.165, 1.54) is 18.3 Å². The number of nitrogens with two attached hydrogens (primary N) is 1. The normalized spacial score (nSPS) is 13.9. The third-order valence-electron chi connectivity index (χ3n) is 4.99. The van der Waals surface area contributed by atoms with Crippen LogP contribution in [0.3, 0.4) is 0 Å². The van der Waals surface area contributed by atoms with Gasteiger partial charge in [-0.05, 0) is 30.5 Å². The van der Waals surface area contributed by atoms with E-state index in [-0.39, 0.29) is 16.9 Å². The molecule has 0 aliphatic heterocycles. The number of halogens is 1. The quantitative estimate of drug-likeness (QED) is 0.507. The minimum atomic E-state index is -0.464. The number of hydrogen-bond donors (Lipinski definition) is 3. The summed E-state index contributed by atoms with van der Waals surface area (Å²) in [5.74, 6) is -0.147. The van der Waals surface area contributed by atoms with Crippen LogP contribution in [0, 0.1) is 17.1 Å². The molecule has 7 nitrogen and oxygen atoms in total. The molecule has 1 aliphatic carbocycles. The van der Waals surface area contributed by atoms with Gasteiger partial charge in [0.05, 0.1) is 11.7 Å². The van der Waals surface area contributed by atoms with Crippen molar-refractivity contribution in [2.24, 2.45) is 0 Å². The zero-order chi connectivity index (χ0) is 18.7. The number of pyridine rings is 2. The van der Waals surface area contributed by atoms with Gasteiger partial charge in [0.25, 0.3) is 5.56 Å². The van der Waals surface area contributed by atoms with E-state index in [0.717, 1.165) is 18.5 Å². The van der Waals surface area contributed by atoms with Gasteiger partial charge in [0.2, 0.25) is 0 Å². The summed E-state index contributed by atoms with van der Waals surface area (Å²) in [4.78, 5) is 19.7. The molecule has 0 unspecified atom stereocenters. The summed E-state index contributed by atoms with van der Waals surface area (Å²) >= 11 is 0. The van der Waals surface area contributed by atoms with Crippen LogP contribution in [-0.4, -0.2) is 20.2 Å². The van der Waals surface area contributed by atoms with Crippen LogP contribution in [0.15, 0.2) is 29.2 Å². The largest absolute Gasteiger partial charge is 0.394 e. The van der Waals surface area contributed by atoms with Crippen molar-refractivity contribution in [2.45, 2.75) is 18.8 Å². The van der Waals surface area contributed by atoms with Gasteiger partial charge in [-0.1, -0.05) is 6.07 Å². The molecule has 1 saturated carbocycles. The number of aromatic amines is 2. The van der Waals surface area contributed by atoms with Crippen molar-refractivity contribution < 1.29 is 4.39 Å². The minimum Gasteiger partial charge on any atom is -0.394 e. The Morgan fingerprint density at radius 3 is 2.89 bits per heavy atom. The topological polar surface area (TPSA) is 124 Å². The number of nitrogens with one attached hydrogen (secondary N) is 2. The van der Waals surface area contributed by atoms with Crippen LogP contribution in [0.4, 0.5) is 10.1 Å². The third kappa shape index (κ3) is 2.22. The van der Waals surface area contributed by atoms with E-state index in [2.05, 4.69) is 26.2 Å². The molecule has 132 valence electrons. The fourth-order valence-electron chi connectivity index (χ4n) is 3.52. The molecule has 4 N–H and O–H groups in total. The molecule has 0 atom stereocenters. The molecule has 5 rings (SSSR count). The number of rotatable bonds is 2. The molecule has 0 spiro atoms. The monoisotopic (exact) mass is 360 g/mol. The Morgan fingerprint density at radius 1 is 1.33 bits per heavy atom. The Labute approximate surface area is 151 Å². The lowest BCUT2D eigenvalue weighted by Gasteiger charge is -2.13. The predicted octanol–water partition coefficient (Wildman–Crippen LogP) is 2.94. The highest BCUT2D eigenvalue weighted by Gasteiger charge is 2.27. The lowest BCUT2D eigenvalue weighted by Crippen LogP contribution is -2.14. The van der Waals surface area contributed by atoms with E-state index >= 15 is 0 Å². The van der Waals surface area contributed by atoms with E-state index in [9.17, 15) is 14.4 Å². The van der Waals surface area contributed by atoms with Crippen molar-refractivity contribution in [3.8, 4) is 17.2 Å². The Hall–Kier alpha value is -3.73. The van der Waals surface area contributed by atoms with Gasteiger partial charge in [-0.3, -0.25) is 9.89 Å². The minimum absolute atomic E-state index is 0.0471. The number of H-pyrrole nitrogens is 2. The molecule has 0 bridgehead atoms. The Bertz CT molecular complexity index is 1340. The molecule has 27 heavy (non-hydrogen) atoms. The van der Waals surface area contributed by atoms with Gasteiger partial charge in [0.1, 0.15) is 23.1 Å². The molecule has 1 aromatic carbocycles. The third-order valence-corrected chi connectivity index (χ3v) is 4.99. The van der Waals surface area contributed by atoms with Crippen molar-refractivity contribution in [2.75, 3.05) is 5.73 Å². The summed E-state index contributed by atoms with van der Waals surface area (Å²) in [5, 5.41) is 17.1. The molecular weight excluding hydrogens is 347 g/mol. The van der Waals surface area contributed by atoms with Gasteiger partial charge in [-0.25, -0.2) is 9.37 Å². The first kappa shape index (κ1) is 15.5. The number of fused-ring (bicyclic) bond motifs is 2.